The molecule has 4 aliphatic carbocycles. The Labute approximate surface area is 216 Å². The van der Waals surface area contributed by atoms with E-state index in [1.807, 2.05) is 18.2 Å². The summed E-state index contributed by atoms with van der Waals surface area (Å²) in [6.07, 6.45) is 7.70. The van der Waals surface area contributed by atoms with E-state index in [0.717, 1.165) is 62.7 Å². The van der Waals surface area contributed by atoms with E-state index in [0.29, 0.717) is 51.4 Å². The van der Waals surface area contributed by atoms with Gasteiger partial charge in [0.25, 0.3) is 0 Å². The van der Waals surface area contributed by atoms with Gasteiger partial charge in [-0.3, -0.25) is 0 Å². The second-order valence-electron chi connectivity index (χ2n) is 10.2. The molecule has 0 atom stereocenters. The second-order valence-corrected chi connectivity index (χ2v) is 11.0. The molecular formula is C24H23Cl2N7O3. The van der Waals surface area contributed by atoms with Gasteiger partial charge < -0.3 is 13.8 Å². The lowest BCUT2D eigenvalue weighted by molar-refractivity contribution is -0.130. The zero-order valence-electron chi connectivity index (χ0n) is 19.3. The van der Waals surface area contributed by atoms with Crippen LogP contribution in [0, 0.1) is 0 Å². The fraction of sp³-hybridized carbons (Fsp3) is 0.500. The van der Waals surface area contributed by atoms with E-state index in [2.05, 4.69) is 35.9 Å². The Morgan fingerprint density at radius 3 is 2.39 bits per heavy atom. The molecule has 0 amide bonds. The molecule has 8 rings (SSSR count). The first-order chi connectivity index (χ1) is 17.6. The molecule has 10 nitrogen and oxygen atoms in total. The monoisotopic (exact) mass is 527 g/mol. The number of rotatable bonds is 7. The highest BCUT2D eigenvalue weighted by Crippen LogP contribution is 2.55. The van der Waals surface area contributed by atoms with E-state index in [1.54, 1.807) is 0 Å². The Balaban J connectivity index is 1.11. The number of hydrogen-bond acceptors (Lipinski definition) is 9. The molecule has 0 spiro atoms. The minimum absolute atomic E-state index is 0.132. The number of nitrogens with one attached hydrogen (secondary N) is 1. The summed E-state index contributed by atoms with van der Waals surface area (Å²) >= 11 is 13.0. The Kier molecular flexibility index (Phi) is 5.20. The van der Waals surface area contributed by atoms with Crippen molar-refractivity contribution in [3.8, 4) is 22.9 Å². The predicted octanol–water partition coefficient (Wildman–Crippen LogP) is 5.65. The molecule has 1 N–H and O–H groups in total. The lowest BCUT2D eigenvalue weighted by atomic mass is 9.58. The third-order valence-electron chi connectivity index (χ3n) is 8.09. The highest BCUT2D eigenvalue weighted by Gasteiger charge is 2.53. The summed E-state index contributed by atoms with van der Waals surface area (Å²) in [6, 6.07) is 5.47. The van der Waals surface area contributed by atoms with Crippen molar-refractivity contribution in [3.05, 3.63) is 45.5 Å². The molecule has 0 saturated heterocycles. The van der Waals surface area contributed by atoms with E-state index in [4.69, 9.17) is 37.0 Å². The lowest BCUT2D eigenvalue weighted by Gasteiger charge is -2.51. The second kappa shape index (κ2) is 8.36. The molecule has 4 saturated carbocycles. The summed E-state index contributed by atoms with van der Waals surface area (Å²) in [4.78, 5) is 4.60. The Morgan fingerprint density at radius 1 is 0.972 bits per heavy atom. The third kappa shape index (κ3) is 3.65. The standard InChI is InChI=1S/C24H23Cl2N7O3/c25-15-2-1-3-16(26)17(15)18-14(19(35-30-18)13-4-5-13)12-34-24-9-6-23(7-10-24,8-11-24)22-27-20(31-36-22)21-28-32-33-29-21/h1-3,13H,4-12H2,(H,28,29,32,33). The van der Waals surface area contributed by atoms with Crippen LogP contribution in [-0.4, -0.2) is 41.5 Å². The van der Waals surface area contributed by atoms with E-state index in [1.165, 1.54) is 0 Å². The van der Waals surface area contributed by atoms with Crippen molar-refractivity contribution >= 4 is 23.2 Å². The summed E-state index contributed by atoms with van der Waals surface area (Å²) in [5.74, 6) is 2.64. The quantitative estimate of drug-likeness (QED) is 0.323. The number of hydrogen-bond donors (Lipinski definition) is 1. The number of benzene rings is 1. The van der Waals surface area contributed by atoms with Crippen LogP contribution in [0.3, 0.4) is 0 Å². The van der Waals surface area contributed by atoms with Crippen molar-refractivity contribution in [2.45, 2.75) is 74.9 Å². The molecule has 0 radical (unpaired) electrons. The summed E-state index contributed by atoms with van der Waals surface area (Å²) in [5.41, 5.74) is 2.02. The van der Waals surface area contributed by atoms with E-state index < -0.39 is 0 Å². The van der Waals surface area contributed by atoms with Gasteiger partial charge in [0.2, 0.25) is 17.5 Å². The molecular weight excluding hydrogens is 505 g/mol. The van der Waals surface area contributed by atoms with Gasteiger partial charge >= 0.3 is 0 Å². The molecule has 36 heavy (non-hydrogen) atoms. The topological polar surface area (TPSA) is 129 Å². The van der Waals surface area contributed by atoms with Crippen molar-refractivity contribution in [2.24, 2.45) is 0 Å². The first kappa shape index (κ1) is 22.4. The first-order valence-corrected chi connectivity index (χ1v) is 13.0. The molecule has 12 heteroatoms. The van der Waals surface area contributed by atoms with Crippen LogP contribution in [0.2, 0.25) is 10.0 Å². The average Bonchev–Trinajstić information content (AvgIpc) is 3.29. The molecule has 4 aliphatic rings. The zero-order valence-corrected chi connectivity index (χ0v) is 20.8. The van der Waals surface area contributed by atoms with Crippen molar-refractivity contribution in [1.29, 1.82) is 0 Å². The molecule has 4 aromatic rings. The van der Waals surface area contributed by atoms with Gasteiger partial charge in [-0.15, -0.1) is 10.2 Å². The number of fused-ring (bicyclic) bond motifs is 3. The lowest BCUT2D eigenvalue weighted by Crippen LogP contribution is -2.49. The van der Waals surface area contributed by atoms with Gasteiger partial charge in [-0.1, -0.05) is 39.6 Å². The number of H-pyrrole nitrogens is 1. The number of tetrazole rings is 1. The Hall–Kier alpha value is -2.82. The molecule has 3 aromatic heterocycles. The zero-order chi connectivity index (χ0) is 24.3. The predicted molar refractivity (Wildman–Crippen MR) is 128 cm³/mol. The van der Waals surface area contributed by atoms with Crippen LogP contribution >= 0.6 is 23.2 Å². The highest BCUT2D eigenvalue weighted by atomic mass is 35.5. The molecule has 3 heterocycles. The highest BCUT2D eigenvalue weighted by molar-refractivity contribution is 6.39. The SMILES string of the molecule is Clc1cccc(Cl)c1-c1noc(C2CC2)c1COC12CCC(c3nc(-c4nn[nH]n4)no3)(CC1)CC2. The Bertz CT molecular complexity index is 1370. The van der Waals surface area contributed by atoms with E-state index >= 15 is 0 Å². The minimum atomic E-state index is -0.197. The molecule has 1 aromatic carbocycles. The number of halogens is 2. The molecule has 0 unspecified atom stereocenters. The maximum Gasteiger partial charge on any atom is 0.245 e. The number of aromatic amines is 1. The van der Waals surface area contributed by atoms with Crippen molar-refractivity contribution in [2.75, 3.05) is 0 Å². The maximum absolute atomic E-state index is 6.72. The molecule has 4 fully saturated rings. The fourth-order valence-electron chi connectivity index (χ4n) is 5.75. The normalized spacial score (nSPS) is 25.5. The first-order valence-electron chi connectivity index (χ1n) is 12.2. The fourth-order valence-corrected chi connectivity index (χ4v) is 6.32. The van der Waals surface area contributed by atoms with Crippen molar-refractivity contribution in [1.82, 2.24) is 35.9 Å². The minimum Gasteiger partial charge on any atom is -0.370 e. The number of nitrogens with zero attached hydrogens (tertiary/aromatic N) is 6. The van der Waals surface area contributed by atoms with Gasteiger partial charge in [0.1, 0.15) is 11.5 Å². The van der Waals surface area contributed by atoms with Crippen LogP contribution in [0.1, 0.15) is 74.5 Å². The Morgan fingerprint density at radius 2 is 1.72 bits per heavy atom. The van der Waals surface area contributed by atoms with E-state index in [-0.39, 0.29) is 11.0 Å². The van der Waals surface area contributed by atoms with Gasteiger partial charge in [-0.2, -0.15) is 10.2 Å². The van der Waals surface area contributed by atoms with Gasteiger partial charge in [0.05, 0.1) is 27.7 Å². The van der Waals surface area contributed by atoms with Crippen molar-refractivity contribution < 1.29 is 13.8 Å². The van der Waals surface area contributed by atoms with Crippen LogP contribution in [0.4, 0.5) is 0 Å². The van der Waals surface area contributed by atoms with Crippen LogP contribution in [0.5, 0.6) is 0 Å². The maximum atomic E-state index is 6.72. The van der Waals surface area contributed by atoms with Crippen LogP contribution in [0.25, 0.3) is 22.9 Å². The average molecular weight is 528 g/mol. The summed E-state index contributed by atoms with van der Waals surface area (Å²) in [7, 11) is 0. The van der Waals surface area contributed by atoms with Gasteiger partial charge in [-0.05, 0) is 68.7 Å². The van der Waals surface area contributed by atoms with Gasteiger partial charge in [0.15, 0.2) is 0 Å². The van der Waals surface area contributed by atoms with Crippen LogP contribution in [-0.2, 0) is 16.8 Å². The molecule has 186 valence electrons. The molecule has 0 aliphatic heterocycles. The van der Waals surface area contributed by atoms with Gasteiger partial charge in [0, 0.05) is 17.0 Å². The number of aromatic nitrogens is 7. The summed E-state index contributed by atoms with van der Waals surface area (Å²) in [5, 5.41) is 23.5. The molecule has 2 bridgehead atoms. The number of ether oxygens (including phenoxy) is 1. The largest absolute Gasteiger partial charge is 0.370 e. The van der Waals surface area contributed by atoms with Crippen molar-refractivity contribution in [3.63, 3.8) is 0 Å². The third-order valence-corrected chi connectivity index (χ3v) is 8.72. The summed E-state index contributed by atoms with van der Waals surface area (Å²) in [6.45, 7) is 0.418. The van der Waals surface area contributed by atoms with Crippen LogP contribution < -0.4 is 0 Å². The van der Waals surface area contributed by atoms with Crippen LogP contribution in [0.15, 0.2) is 27.2 Å². The smallest absolute Gasteiger partial charge is 0.245 e. The van der Waals surface area contributed by atoms with Gasteiger partial charge in [-0.25, -0.2) is 0 Å². The summed E-state index contributed by atoms with van der Waals surface area (Å²) < 4.78 is 18.2. The van der Waals surface area contributed by atoms with E-state index in [9.17, 15) is 0 Å².